The maximum Gasteiger partial charge on any atom is 0.344 e. The molecule has 10 nitrogen and oxygen atoms in total. The Labute approximate surface area is 144 Å². The predicted molar refractivity (Wildman–Crippen MR) is 90.8 cm³/mol. The van der Waals surface area contributed by atoms with Gasteiger partial charge in [0.15, 0.2) is 5.78 Å². The Morgan fingerprint density at radius 3 is 2.48 bits per heavy atom. The van der Waals surface area contributed by atoms with Gasteiger partial charge in [0.05, 0.1) is 38.7 Å². The van der Waals surface area contributed by atoms with Crippen LogP contribution in [0.3, 0.4) is 0 Å². The summed E-state index contributed by atoms with van der Waals surface area (Å²) in [5.74, 6) is -0.518. The van der Waals surface area contributed by atoms with Crippen molar-refractivity contribution in [3.05, 3.63) is 32.6 Å². The second-order valence-corrected chi connectivity index (χ2v) is 7.26. The van der Waals surface area contributed by atoms with E-state index < -0.39 is 37.3 Å². The number of aliphatic hydroxyl groups excluding tert-OH is 1. The fourth-order valence-corrected chi connectivity index (χ4v) is 3.53. The normalized spacial score (nSPS) is 13.0. The van der Waals surface area contributed by atoms with Crippen molar-refractivity contribution >= 4 is 13.4 Å². The molecule has 3 N–H and O–H groups in total. The minimum atomic E-state index is -3.42. The highest BCUT2D eigenvalue weighted by atomic mass is 31.2. The first-order valence-corrected chi connectivity index (χ1v) is 9.54. The molecule has 1 aromatic rings. The Bertz CT molecular complexity index is 733. The number of hydrogen-bond donors (Lipinski definition) is 3. The summed E-state index contributed by atoms with van der Waals surface area (Å²) >= 11 is 0. The van der Waals surface area contributed by atoms with Gasteiger partial charge in [0.2, 0.25) is 0 Å². The highest BCUT2D eigenvalue weighted by Crippen LogP contribution is 2.46. The number of rotatable bonds is 11. The highest BCUT2D eigenvalue weighted by Gasteiger charge is 2.27. The second-order valence-electron chi connectivity index (χ2n) is 5.21. The Kier molecular flexibility index (Phi) is 8.40. The van der Waals surface area contributed by atoms with Crippen LogP contribution in [0.25, 0.3) is 0 Å². The summed E-state index contributed by atoms with van der Waals surface area (Å²) < 4.78 is 23.6. The molecule has 1 heterocycles. The van der Waals surface area contributed by atoms with E-state index in [1.165, 1.54) is 13.1 Å². The number of carbonyl (C=O) groups excluding carboxylic acids is 1. The summed E-state index contributed by atoms with van der Waals surface area (Å²) in [4.78, 5) is 37.4. The summed E-state index contributed by atoms with van der Waals surface area (Å²) in [5.41, 5.74) is -0.979. The van der Waals surface area contributed by atoms with Gasteiger partial charge in [-0.1, -0.05) is 0 Å². The average Bonchev–Trinajstić information content (AvgIpc) is 2.53. The molecule has 1 rings (SSSR count). The summed E-state index contributed by atoms with van der Waals surface area (Å²) in [6.07, 6.45) is 1.00. The van der Waals surface area contributed by atoms with Gasteiger partial charge in [-0.2, -0.15) is 0 Å². The first kappa shape index (κ1) is 21.5. The van der Waals surface area contributed by atoms with Crippen molar-refractivity contribution in [1.29, 1.82) is 0 Å². The van der Waals surface area contributed by atoms with Crippen LogP contribution in [0.2, 0.25) is 0 Å². The van der Waals surface area contributed by atoms with Crippen LogP contribution in [-0.4, -0.2) is 52.6 Å². The van der Waals surface area contributed by atoms with Crippen molar-refractivity contribution in [2.45, 2.75) is 33.4 Å². The number of aryl methyl sites for hydroxylation is 1. The molecule has 0 amide bonds. The van der Waals surface area contributed by atoms with E-state index in [9.17, 15) is 24.1 Å². The number of nitrogens with one attached hydrogen (secondary N) is 2. The standard InChI is InChI=1S/C14H24N3O7P/c1-4-23-25(22,24-5-2)9-15-11(8-18)12(19)7-17-6-10(3)13(20)16-14(17)21/h6,11,15,18H,4-5,7-9H2,1-3H3,(H,16,20,21). The van der Waals surface area contributed by atoms with E-state index in [0.717, 1.165) is 4.57 Å². The summed E-state index contributed by atoms with van der Waals surface area (Å²) in [5, 5.41) is 12.0. The van der Waals surface area contributed by atoms with Gasteiger partial charge in [-0.05, 0) is 20.8 Å². The number of hydrogen-bond acceptors (Lipinski definition) is 8. The molecule has 25 heavy (non-hydrogen) atoms. The predicted octanol–water partition coefficient (Wildman–Crippen LogP) is -0.412. The quantitative estimate of drug-likeness (QED) is 0.442. The van der Waals surface area contributed by atoms with Crippen LogP contribution in [0.5, 0.6) is 0 Å². The maximum atomic E-state index is 12.4. The molecule has 142 valence electrons. The largest absolute Gasteiger partial charge is 0.394 e. The van der Waals surface area contributed by atoms with Gasteiger partial charge in [0.25, 0.3) is 5.56 Å². The molecule has 0 saturated heterocycles. The van der Waals surface area contributed by atoms with Crippen molar-refractivity contribution < 1.29 is 23.5 Å². The lowest BCUT2D eigenvalue weighted by atomic mass is 10.2. The minimum Gasteiger partial charge on any atom is -0.394 e. The summed E-state index contributed by atoms with van der Waals surface area (Å²) in [7, 11) is -3.42. The molecular weight excluding hydrogens is 353 g/mol. The first-order valence-electron chi connectivity index (χ1n) is 7.81. The first-order chi connectivity index (χ1) is 11.8. The van der Waals surface area contributed by atoms with Gasteiger partial charge >= 0.3 is 13.3 Å². The van der Waals surface area contributed by atoms with E-state index in [0.29, 0.717) is 0 Å². The molecule has 0 radical (unpaired) electrons. The molecule has 0 aliphatic carbocycles. The smallest absolute Gasteiger partial charge is 0.344 e. The van der Waals surface area contributed by atoms with Gasteiger partial charge in [-0.3, -0.25) is 29.0 Å². The highest BCUT2D eigenvalue weighted by molar-refractivity contribution is 7.53. The van der Waals surface area contributed by atoms with Crippen LogP contribution in [-0.2, 0) is 25.0 Å². The number of aromatic nitrogens is 2. The van der Waals surface area contributed by atoms with E-state index >= 15 is 0 Å². The molecule has 0 bridgehead atoms. The van der Waals surface area contributed by atoms with Crippen LogP contribution in [0.1, 0.15) is 19.4 Å². The van der Waals surface area contributed by atoms with E-state index in [4.69, 9.17) is 9.05 Å². The Morgan fingerprint density at radius 1 is 1.36 bits per heavy atom. The monoisotopic (exact) mass is 377 g/mol. The molecule has 0 spiro atoms. The lowest BCUT2D eigenvalue weighted by Gasteiger charge is -2.21. The van der Waals surface area contributed by atoms with Crippen molar-refractivity contribution in [1.82, 2.24) is 14.9 Å². The van der Waals surface area contributed by atoms with Gasteiger partial charge < -0.3 is 14.2 Å². The Balaban J connectivity index is 2.81. The van der Waals surface area contributed by atoms with Gasteiger partial charge in [-0.25, -0.2) is 4.79 Å². The lowest BCUT2D eigenvalue weighted by molar-refractivity contribution is -0.122. The van der Waals surface area contributed by atoms with E-state index in [1.54, 1.807) is 13.8 Å². The molecule has 0 aliphatic rings. The molecule has 11 heteroatoms. The lowest BCUT2D eigenvalue weighted by Crippen LogP contribution is -2.44. The van der Waals surface area contributed by atoms with Gasteiger partial charge in [0.1, 0.15) is 0 Å². The number of aromatic amines is 1. The van der Waals surface area contributed by atoms with Crippen molar-refractivity contribution in [2.75, 3.05) is 26.1 Å². The van der Waals surface area contributed by atoms with Crippen LogP contribution >= 0.6 is 7.60 Å². The third-order valence-corrected chi connectivity index (χ3v) is 5.14. The van der Waals surface area contributed by atoms with Crippen molar-refractivity contribution in [2.24, 2.45) is 0 Å². The van der Waals surface area contributed by atoms with E-state index in [-0.39, 0.29) is 31.6 Å². The van der Waals surface area contributed by atoms with Crippen LogP contribution in [0.4, 0.5) is 0 Å². The zero-order valence-corrected chi connectivity index (χ0v) is 15.4. The van der Waals surface area contributed by atoms with E-state index in [1.807, 2.05) is 0 Å². The average molecular weight is 377 g/mol. The fourth-order valence-electron chi connectivity index (χ4n) is 2.04. The van der Waals surface area contributed by atoms with Crippen molar-refractivity contribution in [3.8, 4) is 0 Å². The van der Waals surface area contributed by atoms with Gasteiger partial charge in [-0.15, -0.1) is 0 Å². The fraction of sp³-hybridized carbons (Fsp3) is 0.643. The molecule has 1 unspecified atom stereocenters. The SMILES string of the molecule is CCOP(=O)(CNC(CO)C(=O)Cn1cc(C)c(=O)[nH]c1=O)OCC. The zero-order chi connectivity index (χ0) is 19.0. The summed E-state index contributed by atoms with van der Waals surface area (Å²) in [6.45, 7) is 4.24. The zero-order valence-electron chi connectivity index (χ0n) is 14.5. The van der Waals surface area contributed by atoms with E-state index in [2.05, 4.69) is 10.3 Å². The van der Waals surface area contributed by atoms with Crippen LogP contribution in [0, 0.1) is 6.92 Å². The third-order valence-electron chi connectivity index (χ3n) is 3.27. The molecular formula is C14H24N3O7P. The molecule has 0 aliphatic heterocycles. The molecule has 0 saturated carbocycles. The molecule has 0 aromatic carbocycles. The topological polar surface area (TPSA) is 140 Å². The number of nitrogens with zero attached hydrogens (tertiary/aromatic N) is 1. The molecule has 1 aromatic heterocycles. The minimum absolute atomic E-state index is 0.169. The Hall–Kier alpha value is -1.58. The second kappa shape index (κ2) is 9.79. The summed E-state index contributed by atoms with van der Waals surface area (Å²) in [6, 6.07) is -1.06. The maximum absolute atomic E-state index is 12.4. The van der Waals surface area contributed by atoms with Crippen LogP contribution in [0.15, 0.2) is 15.8 Å². The number of aliphatic hydroxyl groups is 1. The third kappa shape index (κ3) is 6.33. The number of Topliss-reactive ketones (excluding diaryl/α,β-unsaturated/α-hetero) is 1. The van der Waals surface area contributed by atoms with Crippen LogP contribution < -0.4 is 16.6 Å². The van der Waals surface area contributed by atoms with Crippen molar-refractivity contribution in [3.63, 3.8) is 0 Å². The number of H-pyrrole nitrogens is 1. The molecule has 0 fully saturated rings. The van der Waals surface area contributed by atoms with Gasteiger partial charge in [0, 0.05) is 11.8 Å². The number of carbonyl (C=O) groups is 1. The molecule has 1 atom stereocenters. The number of ketones is 1. The Morgan fingerprint density at radius 2 is 1.96 bits per heavy atom.